The Labute approximate surface area is 140 Å². The van der Waals surface area contributed by atoms with Gasteiger partial charge in [0.05, 0.1) is 9.79 Å². The molecule has 0 aliphatic carbocycles. The van der Waals surface area contributed by atoms with Gasteiger partial charge in [0.1, 0.15) is 5.82 Å². The van der Waals surface area contributed by atoms with Crippen LogP contribution >= 0.6 is 0 Å². The van der Waals surface area contributed by atoms with E-state index in [9.17, 15) is 16.8 Å². The lowest BCUT2D eigenvalue weighted by Gasteiger charge is -2.22. The number of aromatic amines is 1. The minimum absolute atomic E-state index is 0.0530. The third-order valence-electron chi connectivity index (χ3n) is 3.30. The molecule has 0 spiro atoms. The molecule has 1 heterocycles. The molecule has 0 aliphatic heterocycles. The summed E-state index contributed by atoms with van der Waals surface area (Å²) >= 11 is 0. The van der Waals surface area contributed by atoms with E-state index in [0.717, 1.165) is 0 Å². The van der Waals surface area contributed by atoms with Gasteiger partial charge >= 0.3 is 0 Å². The predicted octanol–water partition coefficient (Wildman–Crippen LogP) is 2.60. The van der Waals surface area contributed by atoms with Gasteiger partial charge in [-0.2, -0.15) is 16.8 Å². The minimum Gasteiger partial charge on any atom is -0.347 e. The largest absolute Gasteiger partial charge is 0.347 e. The first-order chi connectivity index (χ1) is 11.4. The molecule has 1 N–H and O–H groups in total. The molecule has 0 atom stereocenters. The third kappa shape index (κ3) is 2.81. The van der Waals surface area contributed by atoms with E-state index >= 15 is 0 Å². The first-order valence-corrected chi connectivity index (χ1v) is 9.86. The first kappa shape index (κ1) is 16.3. The number of benzene rings is 2. The topological polar surface area (TPSA) is 87.3 Å². The van der Waals surface area contributed by atoms with Crippen molar-refractivity contribution in [2.75, 3.05) is 3.71 Å². The molecule has 2 aromatic carbocycles. The average Bonchev–Trinajstić information content (AvgIpc) is 3.10. The quantitative estimate of drug-likeness (QED) is 0.756. The normalized spacial score (nSPS) is 12.0. The van der Waals surface area contributed by atoms with Gasteiger partial charge in [0.2, 0.25) is 0 Å². The summed E-state index contributed by atoms with van der Waals surface area (Å²) in [6.07, 6.45) is 1.46. The monoisotopic (exact) mass is 362 g/mol. The zero-order valence-electron chi connectivity index (χ0n) is 12.4. The van der Waals surface area contributed by atoms with Gasteiger partial charge < -0.3 is 4.98 Å². The van der Waals surface area contributed by atoms with Crippen LogP contribution in [0.3, 0.4) is 0 Å². The van der Waals surface area contributed by atoms with Crippen molar-refractivity contribution in [2.24, 2.45) is 0 Å². The van der Waals surface area contributed by atoms with Crippen LogP contribution in [0.1, 0.15) is 0 Å². The van der Waals surface area contributed by atoms with Gasteiger partial charge in [-0.25, -0.2) is 0 Å². The van der Waals surface area contributed by atoms with Gasteiger partial charge in [-0.05, 0) is 36.4 Å². The Kier molecular flexibility index (Phi) is 4.16. The van der Waals surface area contributed by atoms with Crippen LogP contribution in [0.5, 0.6) is 0 Å². The van der Waals surface area contributed by atoms with Crippen molar-refractivity contribution >= 4 is 25.9 Å². The van der Waals surface area contributed by atoms with Crippen molar-refractivity contribution in [2.45, 2.75) is 9.79 Å². The van der Waals surface area contributed by atoms with Gasteiger partial charge in [0, 0.05) is 6.20 Å². The number of sulfonamides is 2. The summed E-state index contributed by atoms with van der Waals surface area (Å²) in [7, 11) is -8.63. The summed E-state index contributed by atoms with van der Waals surface area (Å²) < 4.78 is 52.3. The Bertz CT molecular complexity index is 945. The molecule has 0 saturated heterocycles. The van der Waals surface area contributed by atoms with Crippen molar-refractivity contribution in [1.29, 1.82) is 0 Å². The van der Waals surface area contributed by atoms with E-state index in [1.54, 1.807) is 12.1 Å². The summed E-state index contributed by atoms with van der Waals surface area (Å²) in [5.41, 5.74) is 0. The average molecular weight is 362 g/mol. The van der Waals surface area contributed by atoms with E-state index in [1.165, 1.54) is 66.9 Å². The van der Waals surface area contributed by atoms with Crippen LogP contribution in [-0.4, -0.2) is 21.8 Å². The number of aromatic nitrogens is 1. The van der Waals surface area contributed by atoms with Crippen molar-refractivity contribution in [1.82, 2.24) is 4.98 Å². The number of nitrogens with one attached hydrogen (secondary N) is 1. The highest BCUT2D eigenvalue weighted by Crippen LogP contribution is 2.29. The zero-order chi connectivity index (χ0) is 17.2. The summed E-state index contributed by atoms with van der Waals surface area (Å²) in [4.78, 5) is 2.43. The van der Waals surface area contributed by atoms with E-state index < -0.39 is 20.0 Å². The molecule has 0 unspecified atom stereocenters. The van der Waals surface area contributed by atoms with Crippen molar-refractivity contribution in [3.8, 4) is 0 Å². The van der Waals surface area contributed by atoms with Crippen molar-refractivity contribution in [3.05, 3.63) is 79.0 Å². The highest BCUT2D eigenvalue weighted by molar-refractivity contribution is 8.10. The van der Waals surface area contributed by atoms with Crippen LogP contribution in [0.2, 0.25) is 0 Å². The standard InChI is InChI=1S/C16H14N2O4S2/c19-23(20,14-8-3-1-4-9-14)18(16-12-7-13-17-16)24(21,22)15-10-5-2-6-11-15/h1-13,17H. The highest BCUT2D eigenvalue weighted by Gasteiger charge is 2.37. The van der Waals surface area contributed by atoms with Crippen LogP contribution in [0.15, 0.2) is 88.8 Å². The maximum absolute atomic E-state index is 13.0. The van der Waals surface area contributed by atoms with Gasteiger partial charge in [-0.15, -0.1) is 3.71 Å². The van der Waals surface area contributed by atoms with E-state index in [1.807, 2.05) is 0 Å². The van der Waals surface area contributed by atoms with E-state index in [4.69, 9.17) is 0 Å². The maximum atomic E-state index is 13.0. The second-order valence-electron chi connectivity index (χ2n) is 4.89. The molecule has 1 aromatic heterocycles. The molecule has 0 fully saturated rings. The van der Waals surface area contributed by atoms with Crippen LogP contribution in [0.25, 0.3) is 0 Å². The summed E-state index contributed by atoms with van der Waals surface area (Å²) in [6, 6.07) is 17.8. The predicted molar refractivity (Wildman–Crippen MR) is 90.5 cm³/mol. The van der Waals surface area contributed by atoms with E-state index in [2.05, 4.69) is 4.98 Å². The fourth-order valence-corrected chi connectivity index (χ4v) is 5.88. The molecular weight excluding hydrogens is 348 g/mol. The molecule has 24 heavy (non-hydrogen) atoms. The molecular formula is C16H14N2O4S2. The molecule has 124 valence electrons. The molecule has 0 amide bonds. The van der Waals surface area contributed by atoms with Crippen molar-refractivity contribution in [3.63, 3.8) is 0 Å². The molecule has 0 bridgehead atoms. The van der Waals surface area contributed by atoms with E-state index in [0.29, 0.717) is 3.71 Å². The molecule has 0 saturated carbocycles. The fourth-order valence-electron chi connectivity index (χ4n) is 2.20. The zero-order valence-corrected chi connectivity index (χ0v) is 14.0. The highest BCUT2D eigenvalue weighted by atomic mass is 32.3. The van der Waals surface area contributed by atoms with Gasteiger partial charge in [0.25, 0.3) is 20.0 Å². The number of hydrogen-bond acceptors (Lipinski definition) is 4. The molecule has 0 aliphatic rings. The van der Waals surface area contributed by atoms with Crippen LogP contribution in [0.4, 0.5) is 5.82 Å². The summed E-state index contributed by atoms with van der Waals surface area (Å²) in [5, 5.41) is 0. The maximum Gasteiger partial charge on any atom is 0.278 e. The van der Waals surface area contributed by atoms with Gasteiger partial charge in [-0.3, -0.25) is 0 Å². The first-order valence-electron chi connectivity index (χ1n) is 6.98. The molecule has 3 rings (SSSR count). The Morgan fingerprint density at radius 2 is 1.08 bits per heavy atom. The number of nitrogens with zero attached hydrogens (tertiary/aromatic N) is 1. The number of rotatable bonds is 5. The lowest BCUT2D eigenvalue weighted by Crippen LogP contribution is -2.37. The minimum atomic E-state index is -4.32. The lowest BCUT2D eigenvalue weighted by molar-refractivity contribution is 0.584. The molecule has 0 radical (unpaired) electrons. The van der Waals surface area contributed by atoms with Crippen LogP contribution < -0.4 is 3.71 Å². The lowest BCUT2D eigenvalue weighted by atomic mass is 10.4. The summed E-state index contributed by atoms with van der Waals surface area (Å²) in [6.45, 7) is 0. The van der Waals surface area contributed by atoms with Gasteiger partial charge in [0.15, 0.2) is 0 Å². The Balaban J connectivity index is 2.24. The van der Waals surface area contributed by atoms with Crippen LogP contribution in [-0.2, 0) is 20.0 Å². The number of H-pyrrole nitrogens is 1. The Morgan fingerprint density at radius 3 is 1.46 bits per heavy atom. The molecule has 8 heteroatoms. The fraction of sp³-hybridized carbons (Fsp3) is 0. The van der Waals surface area contributed by atoms with Crippen molar-refractivity contribution < 1.29 is 16.8 Å². The third-order valence-corrected chi connectivity index (χ3v) is 7.48. The number of anilines is 1. The SMILES string of the molecule is O=S(=O)(c1ccccc1)N(c1ccc[nH]1)S(=O)(=O)c1ccccc1. The molecule has 6 nitrogen and oxygen atoms in total. The second-order valence-corrected chi connectivity index (χ2v) is 8.69. The second kappa shape index (κ2) is 6.14. The van der Waals surface area contributed by atoms with E-state index in [-0.39, 0.29) is 15.6 Å². The Morgan fingerprint density at radius 1 is 0.625 bits per heavy atom. The smallest absolute Gasteiger partial charge is 0.278 e. The number of hydrogen-bond donors (Lipinski definition) is 1. The summed E-state index contributed by atoms with van der Waals surface area (Å²) in [5.74, 6) is -0.0530. The Hall–Kier alpha value is -2.58. The van der Waals surface area contributed by atoms with Crippen LogP contribution in [0, 0.1) is 0 Å². The molecule has 3 aromatic rings. The van der Waals surface area contributed by atoms with Gasteiger partial charge in [-0.1, -0.05) is 36.4 Å².